The van der Waals surface area contributed by atoms with Gasteiger partial charge < -0.3 is 19.7 Å². The number of amides is 1. The summed E-state index contributed by atoms with van der Waals surface area (Å²) in [4.78, 5) is 11.1. The van der Waals surface area contributed by atoms with Crippen molar-refractivity contribution >= 4 is 18.7 Å². The van der Waals surface area contributed by atoms with Gasteiger partial charge in [0.05, 0.1) is 11.2 Å². The minimum absolute atomic E-state index is 0.160. The lowest BCUT2D eigenvalue weighted by Crippen LogP contribution is -2.44. The highest BCUT2D eigenvalue weighted by Gasteiger charge is 2.51. The SMILES string of the molecule is CC(C)(C)C(Cc1ccc(B2OC(C)(C)C(C)(C)O2)cc1)NC(=O)O. The third-order valence-electron chi connectivity index (χ3n) is 5.29. The highest BCUT2D eigenvalue weighted by atomic mass is 16.7. The monoisotopic (exact) mass is 347 g/mol. The molecule has 0 radical (unpaired) electrons. The number of rotatable bonds is 4. The molecule has 0 aromatic heterocycles. The summed E-state index contributed by atoms with van der Waals surface area (Å²) in [6, 6.07) is 7.87. The molecule has 138 valence electrons. The zero-order valence-corrected chi connectivity index (χ0v) is 16.3. The van der Waals surface area contributed by atoms with Gasteiger partial charge in [0.2, 0.25) is 0 Å². The first-order valence-electron chi connectivity index (χ1n) is 8.76. The molecular formula is C19H30BNO4. The number of carboxylic acid groups (broad SMARTS) is 1. The van der Waals surface area contributed by atoms with E-state index in [-0.39, 0.29) is 29.8 Å². The van der Waals surface area contributed by atoms with Crippen molar-refractivity contribution in [3.05, 3.63) is 29.8 Å². The summed E-state index contributed by atoms with van der Waals surface area (Å²) in [6.07, 6.45) is -0.354. The van der Waals surface area contributed by atoms with Gasteiger partial charge >= 0.3 is 13.2 Å². The summed E-state index contributed by atoms with van der Waals surface area (Å²) in [5.41, 5.74) is 1.16. The van der Waals surface area contributed by atoms with Crippen LogP contribution in [0.5, 0.6) is 0 Å². The second-order valence-electron chi connectivity index (χ2n) is 8.90. The molecule has 2 rings (SSSR count). The van der Waals surface area contributed by atoms with E-state index in [2.05, 4.69) is 5.32 Å². The van der Waals surface area contributed by atoms with E-state index in [0.717, 1.165) is 11.0 Å². The maximum Gasteiger partial charge on any atom is 0.494 e. The summed E-state index contributed by atoms with van der Waals surface area (Å²) in [6.45, 7) is 14.2. The van der Waals surface area contributed by atoms with Gasteiger partial charge in [0.1, 0.15) is 0 Å². The zero-order valence-electron chi connectivity index (χ0n) is 16.3. The third kappa shape index (κ3) is 4.56. The Bertz CT molecular complexity index is 603. The molecule has 5 nitrogen and oxygen atoms in total. The van der Waals surface area contributed by atoms with Gasteiger partial charge in [0.25, 0.3) is 0 Å². The summed E-state index contributed by atoms with van der Waals surface area (Å²) < 4.78 is 12.1. The Kier molecular flexibility index (Phi) is 5.27. The van der Waals surface area contributed by atoms with Crippen molar-refractivity contribution < 1.29 is 19.2 Å². The van der Waals surface area contributed by atoms with Crippen LogP contribution in [0, 0.1) is 5.41 Å². The first kappa shape index (κ1) is 19.8. The molecule has 2 N–H and O–H groups in total. The van der Waals surface area contributed by atoms with E-state index in [4.69, 9.17) is 14.4 Å². The first-order valence-corrected chi connectivity index (χ1v) is 8.76. The van der Waals surface area contributed by atoms with Crippen LogP contribution in [0.15, 0.2) is 24.3 Å². The second kappa shape index (κ2) is 6.65. The number of hydrogen-bond donors (Lipinski definition) is 2. The molecule has 1 aromatic rings. The van der Waals surface area contributed by atoms with Gasteiger partial charge in [-0.25, -0.2) is 4.79 Å². The van der Waals surface area contributed by atoms with Crippen LogP contribution in [0.4, 0.5) is 4.79 Å². The lowest BCUT2D eigenvalue weighted by Gasteiger charge is -2.32. The molecule has 1 atom stereocenters. The van der Waals surface area contributed by atoms with Gasteiger partial charge in [-0.3, -0.25) is 0 Å². The van der Waals surface area contributed by atoms with Crippen LogP contribution in [0.25, 0.3) is 0 Å². The lowest BCUT2D eigenvalue weighted by molar-refractivity contribution is 0.00578. The predicted molar refractivity (Wildman–Crippen MR) is 100 cm³/mol. The maximum atomic E-state index is 11.1. The molecule has 6 heteroatoms. The Hall–Kier alpha value is -1.53. The Balaban J connectivity index is 2.11. The molecular weight excluding hydrogens is 317 g/mol. The highest BCUT2D eigenvalue weighted by Crippen LogP contribution is 2.36. The van der Waals surface area contributed by atoms with Crippen molar-refractivity contribution in [2.24, 2.45) is 5.41 Å². The van der Waals surface area contributed by atoms with Crippen LogP contribution in [-0.4, -0.2) is 35.6 Å². The Morgan fingerprint density at radius 1 is 1.12 bits per heavy atom. The summed E-state index contributed by atoms with van der Waals surface area (Å²) in [5, 5.41) is 11.7. The van der Waals surface area contributed by atoms with Gasteiger partial charge in [-0.15, -0.1) is 0 Å². The molecule has 1 saturated heterocycles. The molecule has 1 heterocycles. The van der Waals surface area contributed by atoms with Crippen molar-refractivity contribution in [2.75, 3.05) is 0 Å². The fraction of sp³-hybridized carbons (Fsp3) is 0.632. The van der Waals surface area contributed by atoms with Gasteiger partial charge in [-0.2, -0.15) is 0 Å². The molecule has 1 aromatic carbocycles. The average Bonchev–Trinajstić information content (AvgIpc) is 2.66. The molecule has 0 aliphatic carbocycles. The Morgan fingerprint density at radius 2 is 1.60 bits per heavy atom. The molecule has 1 aliphatic rings. The zero-order chi connectivity index (χ0) is 19.0. The van der Waals surface area contributed by atoms with E-state index in [1.165, 1.54) is 0 Å². The average molecular weight is 347 g/mol. The second-order valence-corrected chi connectivity index (χ2v) is 8.90. The molecule has 0 bridgehead atoms. The summed E-state index contributed by atoms with van der Waals surface area (Å²) >= 11 is 0. The molecule has 0 spiro atoms. The lowest BCUT2D eigenvalue weighted by atomic mass is 9.78. The van der Waals surface area contributed by atoms with E-state index in [1.54, 1.807) is 0 Å². The van der Waals surface area contributed by atoms with Crippen LogP contribution < -0.4 is 10.8 Å². The fourth-order valence-corrected chi connectivity index (χ4v) is 2.75. The normalized spacial score (nSPS) is 20.4. The molecule has 1 fully saturated rings. The van der Waals surface area contributed by atoms with Gasteiger partial charge in [0, 0.05) is 6.04 Å². The van der Waals surface area contributed by atoms with Crippen LogP contribution >= 0.6 is 0 Å². The Morgan fingerprint density at radius 3 is 2.00 bits per heavy atom. The third-order valence-corrected chi connectivity index (χ3v) is 5.29. The topological polar surface area (TPSA) is 67.8 Å². The quantitative estimate of drug-likeness (QED) is 0.821. The number of benzene rings is 1. The van der Waals surface area contributed by atoms with Crippen molar-refractivity contribution in [3.8, 4) is 0 Å². The van der Waals surface area contributed by atoms with Crippen molar-refractivity contribution in [3.63, 3.8) is 0 Å². The van der Waals surface area contributed by atoms with E-state index in [1.807, 2.05) is 72.7 Å². The predicted octanol–water partition coefficient (Wildman–Crippen LogP) is 3.21. The van der Waals surface area contributed by atoms with E-state index in [0.29, 0.717) is 6.42 Å². The standard InChI is InChI=1S/C19H30BNO4/c1-17(2,3)15(21-16(22)23)12-13-8-10-14(11-9-13)20-24-18(4,5)19(6,7)25-20/h8-11,15,21H,12H2,1-7H3,(H,22,23). The molecule has 1 unspecified atom stereocenters. The number of nitrogens with one attached hydrogen (secondary N) is 1. The first-order chi connectivity index (χ1) is 11.3. The maximum absolute atomic E-state index is 11.1. The van der Waals surface area contributed by atoms with Crippen LogP contribution in [0.1, 0.15) is 54.0 Å². The van der Waals surface area contributed by atoms with Crippen molar-refractivity contribution in [1.29, 1.82) is 0 Å². The van der Waals surface area contributed by atoms with Gasteiger partial charge in [0.15, 0.2) is 0 Å². The summed E-state index contributed by atoms with van der Waals surface area (Å²) in [5.74, 6) is 0. The highest BCUT2D eigenvalue weighted by molar-refractivity contribution is 6.62. The Labute approximate surface area is 151 Å². The van der Waals surface area contributed by atoms with E-state index >= 15 is 0 Å². The minimum Gasteiger partial charge on any atom is -0.465 e. The smallest absolute Gasteiger partial charge is 0.465 e. The molecule has 1 amide bonds. The number of carbonyl (C=O) groups is 1. The van der Waals surface area contributed by atoms with Crippen LogP contribution in [0.3, 0.4) is 0 Å². The van der Waals surface area contributed by atoms with Gasteiger partial charge in [-0.05, 0) is 50.6 Å². The molecule has 0 saturated carbocycles. The minimum atomic E-state index is -0.992. The van der Waals surface area contributed by atoms with Crippen LogP contribution in [-0.2, 0) is 15.7 Å². The van der Waals surface area contributed by atoms with Crippen LogP contribution in [0.2, 0.25) is 0 Å². The number of hydrogen-bond acceptors (Lipinski definition) is 3. The van der Waals surface area contributed by atoms with E-state index < -0.39 is 6.09 Å². The van der Waals surface area contributed by atoms with Gasteiger partial charge in [-0.1, -0.05) is 45.0 Å². The van der Waals surface area contributed by atoms with Crippen molar-refractivity contribution in [1.82, 2.24) is 5.32 Å². The van der Waals surface area contributed by atoms with E-state index in [9.17, 15) is 4.79 Å². The summed E-state index contributed by atoms with van der Waals surface area (Å²) in [7, 11) is -0.380. The molecule has 25 heavy (non-hydrogen) atoms. The largest absolute Gasteiger partial charge is 0.494 e. The van der Waals surface area contributed by atoms with Crippen molar-refractivity contribution in [2.45, 2.75) is 72.1 Å². The fourth-order valence-electron chi connectivity index (χ4n) is 2.75. The molecule has 1 aliphatic heterocycles.